The van der Waals surface area contributed by atoms with Crippen LogP contribution in [-0.4, -0.2) is 4.98 Å². The molecule has 46 valence electrons. The summed E-state index contributed by atoms with van der Waals surface area (Å²) in [4.78, 5) is 3.83. The number of hydrogen-bond acceptors (Lipinski definition) is 1. The van der Waals surface area contributed by atoms with Gasteiger partial charge in [0, 0.05) is 11.6 Å². The number of thiophene rings is 1. The number of rotatable bonds is 0. The molecule has 2 heterocycles. The number of nitrogens with one attached hydrogen (secondary N) is 1. The summed E-state index contributed by atoms with van der Waals surface area (Å²) < 4.78 is 12.4. The van der Waals surface area contributed by atoms with Crippen LogP contribution in [0.4, 0.5) is 4.39 Å². The zero-order chi connectivity index (χ0) is 6.27. The third kappa shape index (κ3) is 0.650. The van der Waals surface area contributed by atoms with E-state index < -0.39 is 0 Å². The maximum Gasteiger partial charge on any atom is 0.179 e. The number of fused-ring (bicyclic) bond motifs is 1. The Morgan fingerprint density at radius 2 is 2.44 bits per heavy atom. The van der Waals surface area contributed by atoms with E-state index in [9.17, 15) is 4.39 Å². The van der Waals surface area contributed by atoms with Crippen molar-refractivity contribution in [1.29, 1.82) is 0 Å². The Balaban J connectivity index is 2.92. The lowest BCUT2D eigenvalue weighted by molar-refractivity contribution is 0.658. The standard InChI is InChI=1S/C6H4FNS/c7-5-3-4-1-2-8-6(4)9-5/h1-3,8H. The van der Waals surface area contributed by atoms with Crippen LogP contribution in [0, 0.1) is 5.13 Å². The largest absolute Gasteiger partial charge is 0.353 e. The molecular weight excluding hydrogens is 137 g/mol. The summed E-state index contributed by atoms with van der Waals surface area (Å²) in [6.45, 7) is 0. The first kappa shape index (κ1) is 4.99. The van der Waals surface area contributed by atoms with Gasteiger partial charge < -0.3 is 4.98 Å². The second-order valence-electron chi connectivity index (χ2n) is 1.81. The van der Waals surface area contributed by atoms with Gasteiger partial charge in [0.15, 0.2) is 5.13 Å². The first-order valence-corrected chi connectivity index (χ1v) is 3.40. The van der Waals surface area contributed by atoms with Gasteiger partial charge in [-0.1, -0.05) is 11.3 Å². The van der Waals surface area contributed by atoms with E-state index in [1.807, 2.05) is 6.07 Å². The van der Waals surface area contributed by atoms with Crippen molar-refractivity contribution in [3.05, 3.63) is 23.5 Å². The quantitative estimate of drug-likeness (QED) is 0.579. The lowest BCUT2D eigenvalue weighted by Gasteiger charge is -1.67. The Kier molecular flexibility index (Phi) is 0.873. The molecule has 0 aliphatic carbocycles. The Morgan fingerprint density at radius 3 is 3.22 bits per heavy atom. The highest BCUT2D eigenvalue weighted by atomic mass is 32.1. The van der Waals surface area contributed by atoms with Crippen LogP contribution in [0.5, 0.6) is 0 Å². The van der Waals surface area contributed by atoms with Crippen LogP contribution in [0.3, 0.4) is 0 Å². The second-order valence-corrected chi connectivity index (χ2v) is 2.82. The second kappa shape index (κ2) is 1.57. The predicted molar refractivity (Wildman–Crippen MR) is 36.1 cm³/mol. The van der Waals surface area contributed by atoms with Gasteiger partial charge in [0.25, 0.3) is 0 Å². The highest BCUT2D eigenvalue weighted by Crippen LogP contribution is 2.21. The molecule has 1 nitrogen and oxygen atoms in total. The highest BCUT2D eigenvalue weighted by molar-refractivity contribution is 7.17. The Morgan fingerprint density at radius 1 is 1.56 bits per heavy atom. The van der Waals surface area contributed by atoms with Gasteiger partial charge in [0.1, 0.15) is 4.83 Å². The Bertz CT molecular complexity index is 294. The van der Waals surface area contributed by atoms with Gasteiger partial charge in [-0.05, 0) is 12.1 Å². The van der Waals surface area contributed by atoms with Crippen molar-refractivity contribution in [2.45, 2.75) is 0 Å². The SMILES string of the molecule is Fc1cc2cc[nH]c2s1. The molecule has 0 aromatic carbocycles. The molecule has 0 bridgehead atoms. The van der Waals surface area contributed by atoms with Gasteiger partial charge >= 0.3 is 0 Å². The summed E-state index contributed by atoms with van der Waals surface area (Å²) >= 11 is 1.14. The van der Waals surface area contributed by atoms with Gasteiger partial charge in [-0.25, -0.2) is 0 Å². The van der Waals surface area contributed by atoms with Crippen molar-refractivity contribution in [1.82, 2.24) is 4.98 Å². The van der Waals surface area contributed by atoms with Crippen LogP contribution in [0.15, 0.2) is 18.3 Å². The average molecular weight is 141 g/mol. The van der Waals surface area contributed by atoms with Gasteiger partial charge in [-0.15, -0.1) is 0 Å². The van der Waals surface area contributed by atoms with Crippen molar-refractivity contribution in [3.63, 3.8) is 0 Å². The van der Waals surface area contributed by atoms with Gasteiger partial charge in [0.05, 0.1) is 0 Å². The summed E-state index contributed by atoms with van der Waals surface area (Å²) in [6, 6.07) is 3.38. The summed E-state index contributed by atoms with van der Waals surface area (Å²) in [6.07, 6.45) is 1.81. The molecule has 0 atom stereocenters. The topological polar surface area (TPSA) is 15.8 Å². The maximum atomic E-state index is 12.4. The zero-order valence-corrected chi connectivity index (χ0v) is 5.33. The van der Waals surface area contributed by atoms with Gasteiger partial charge in [-0.2, -0.15) is 4.39 Å². The van der Waals surface area contributed by atoms with E-state index in [2.05, 4.69) is 4.98 Å². The van der Waals surface area contributed by atoms with Crippen molar-refractivity contribution in [2.75, 3.05) is 0 Å². The lowest BCUT2D eigenvalue weighted by Crippen LogP contribution is -1.49. The fraction of sp³-hybridized carbons (Fsp3) is 0. The third-order valence-electron chi connectivity index (χ3n) is 1.21. The minimum absolute atomic E-state index is 0.128. The molecule has 9 heavy (non-hydrogen) atoms. The number of hydrogen-bond donors (Lipinski definition) is 1. The van der Waals surface area contributed by atoms with E-state index >= 15 is 0 Å². The molecule has 0 amide bonds. The molecule has 0 spiro atoms. The first-order chi connectivity index (χ1) is 4.36. The summed E-state index contributed by atoms with van der Waals surface area (Å²) in [5, 5.41) is 0.828. The summed E-state index contributed by atoms with van der Waals surface area (Å²) in [7, 11) is 0. The Hall–Kier alpha value is -0.830. The van der Waals surface area contributed by atoms with Crippen LogP contribution in [0.2, 0.25) is 0 Å². The van der Waals surface area contributed by atoms with E-state index in [0.29, 0.717) is 0 Å². The van der Waals surface area contributed by atoms with Gasteiger partial charge in [0.2, 0.25) is 0 Å². The van der Waals surface area contributed by atoms with E-state index in [1.54, 1.807) is 6.20 Å². The normalized spacial score (nSPS) is 10.8. The molecule has 2 aromatic heterocycles. The molecule has 0 aliphatic heterocycles. The fourth-order valence-electron chi connectivity index (χ4n) is 0.817. The minimum Gasteiger partial charge on any atom is -0.353 e. The molecule has 0 radical (unpaired) electrons. The van der Waals surface area contributed by atoms with E-state index in [4.69, 9.17) is 0 Å². The van der Waals surface area contributed by atoms with E-state index in [1.165, 1.54) is 6.07 Å². The molecule has 0 aliphatic rings. The van der Waals surface area contributed by atoms with E-state index in [-0.39, 0.29) is 5.13 Å². The summed E-state index contributed by atoms with van der Waals surface area (Å²) in [5.41, 5.74) is 0. The molecule has 1 N–H and O–H groups in total. The van der Waals surface area contributed by atoms with Crippen molar-refractivity contribution in [2.24, 2.45) is 0 Å². The van der Waals surface area contributed by atoms with Crippen LogP contribution >= 0.6 is 11.3 Å². The molecule has 0 saturated carbocycles. The van der Waals surface area contributed by atoms with Crippen molar-refractivity contribution >= 4 is 21.6 Å². The number of aromatic nitrogens is 1. The van der Waals surface area contributed by atoms with Crippen LogP contribution in [0.1, 0.15) is 0 Å². The van der Waals surface area contributed by atoms with E-state index in [0.717, 1.165) is 21.6 Å². The first-order valence-electron chi connectivity index (χ1n) is 2.59. The molecule has 3 heteroatoms. The monoisotopic (exact) mass is 141 g/mol. The van der Waals surface area contributed by atoms with Crippen LogP contribution in [-0.2, 0) is 0 Å². The minimum atomic E-state index is -0.128. The smallest absolute Gasteiger partial charge is 0.179 e. The summed E-state index contributed by atoms with van der Waals surface area (Å²) in [5.74, 6) is 0. The fourth-order valence-corrected chi connectivity index (χ4v) is 1.57. The highest BCUT2D eigenvalue weighted by Gasteiger charge is 1.98. The predicted octanol–water partition coefficient (Wildman–Crippen LogP) is 2.37. The van der Waals surface area contributed by atoms with Crippen molar-refractivity contribution < 1.29 is 4.39 Å². The molecular formula is C6H4FNS. The van der Waals surface area contributed by atoms with Crippen LogP contribution in [0.25, 0.3) is 10.2 Å². The molecule has 0 fully saturated rings. The number of halogens is 1. The van der Waals surface area contributed by atoms with Gasteiger partial charge in [-0.3, -0.25) is 0 Å². The third-order valence-corrected chi connectivity index (χ3v) is 2.08. The average Bonchev–Trinajstić information content (AvgIpc) is 2.22. The molecule has 2 rings (SSSR count). The lowest BCUT2D eigenvalue weighted by atomic mass is 10.4. The Labute approximate surface area is 55.1 Å². The molecule has 0 saturated heterocycles. The molecule has 0 unspecified atom stereocenters. The maximum absolute atomic E-state index is 12.4. The zero-order valence-electron chi connectivity index (χ0n) is 4.52. The van der Waals surface area contributed by atoms with Crippen LogP contribution < -0.4 is 0 Å². The molecule has 2 aromatic rings. The number of H-pyrrole nitrogens is 1. The number of aromatic amines is 1. The van der Waals surface area contributed by atoms with Crippen molar-refractivity contribution in [3.8, 4) is 0 Å².